The summed E-state index contributed by atoms with van der Waals surface area (Å²) < 4.78 is 0. The molecular formula is C18H33N. The third-order valence-electron chi connectivity index (χ3n) is 3.75. The molecule has 2 unspecified atom stereocenters. The van der Waals surface area contributed by atoms with Crippen LogP contribution in [0.2, 0.25) is 0 Å². The van der Waals surface area contributed by atoms with Crippen LogP contribution >= 0.6 is 0 Å². The maximum Gasteiger partial charge on any atom is 0.0470 e. The van der Waals surface area contributed by atoms with Crippen molar-refractivity contribution in [2.24, 2.45) is 11.3 Å². The van der Waals surface area contributed by atoms with Crippen molar-refractivity contribution >= 4 is 0 Å². The van der Waals surface area contributed by atoms with Crippen LogP contribution in [-0.2, 0) is 0 Å². The minimum atomic E-state index is 0.134. The summed E-state index contributed by atoms with van der Waals surface area (Å²) in [5.74, 6) is 0.471. The maximum atomic E-state index is 4.27. The third kappa shape index (κ3) is 6.66. The fraction of sp³-hybridized carbons (Fsp3) is 0.667. The molecule has 0 radical (unpaired) electrons. The summed E-state index contributed by atoms with van der Waals surface area (Å²) in [5.41, 5.74) is 3.75. The lowest BCUT2D eigenvalue weighted by Gasteiger charge is -2.32. The summed E-state index contributed by atoms with van der Waals surface area (Å²) in [5, 5.41) is 3.57. The first kappa shape index (κ1) is 18.0. The second kappa shape index (κ2) is 7.57. The molecule has 1 nitrogen and oxygen atoms in total. The Labute approximate surface area is 120 Å². The normalized spacial score (nSPS) is 14.6. The predicted octanol–water partition coefficient (Wildman–Crippen LogP) is 5.46. The maximum absolute atomic E-state index is 4.27. The molecule has 0 saturated heterocycles. The van der Waals surface area contributed by atoms with Gasteiger partial charge in [-0.05, 0) is 43.1 Å². The van der Waals surface area contributed by atoms with E-state index >= 15 is 0 Å². The topological polar surface area (TPSA) is 12.0 Å². The van der Waals surface area contributed by atoms with Gasteiger partial charge in [-0.1, -0.05) is 53.3 Å². The average molecular weight is 263 g/mol. The molecule has 0 bridgehead atoms. The smallest absolute Gasteiger partial charge is 0.0470 e. The molecule has 0 aliphatic carbocycles. The van der Waals surface area contributed by atoms with E-state index < -0.39 is 0 Å². The summed E-state index contributed by atoms with van der Waals surface area (Å²) in [6.45, 7) is 25.6. The molecule has 0 aromatic carbocycles. The Balaban J connectivity index is 4.50. The van der Waals surface area contributed by atoms with Gasteiger partial charge in [-0.3, -0.25) is 0 Å². The Kier molecular flexibility index (Phi) is 7.18. The molecule has 0 saturated carbocycles. The number of rotatable bonds is 8. The molecule has 0 aromatic heterocycles. The molecule has 0 fully saturated rings. The zero-order valence-corrected chi connectivity index (χ0v) is 13.9. The summed E-state index contributed by atoms with van der Waals surface area (Å²) >= 11 is 0. The number of nitrogens with one attached hydrogen (secondary N) is 1. The van der Waals surface area contributed by atoms with Crippen LogP contribution in [0.4, 0.5) is 0 Å². The molecule has 0 spiro atoms. The molecule has 0 rings (SSSR count). The van der Waals surface area contributed by atoms with Crippen LogP contribution in [-0.4, -0.2) is 6.04 Å². The van der Waals surface area contributed by atoms with E-state index in [0.29, 0.717) is 12.0 Å². The molecule has 1 N–H and O–H groups in total. The average Bonchev–Trinajstić information content (AvgIpc) is 2.30. The molecule has 0 amide bonds. The van der Waals surface area contributed by atoms with Crippen molar-refractivity contribution in [1.29, 1.82) is 0 Å². The van der Waals surface area contributed by atoms with Crippen LogP contribution in [0.15, 0.2) is 36.6 Å². The lowest BCUT2D eigenvalue weighted by atomic mass is 9.82. The predicted molar refractivity (Wildman–Crippen MR) is 88.2 cm³/mol. The molecule has 19 heavy (non-hydrogen) atoms. The number of allylic oxidation sites excluding steroid dienone is 2. The van der Waals surface area contributed by atoms with Gasteiger partial charge in [-0.15, -0.1) is 6.58 Å². The van der Waals surface area contributed by atoms with E-state index in [1.807, 2.05) is 0 Å². The highest BCUT2D eigenvalue weighted by molar-refractivity contribution is 5.16. The van der Waals surface area contributed by atoms with Crippen LogP contribution in [0.5, 0.6) is 0 Å². The Morgan fingerprint density at radius 2 is 1.68 bits per heavy atom. The minimum absolute atomic E-state index is 0.134. The summed E-state index contributed by atoms with van der Waals surface area (Å²) in [6.07, 6.45) is 3.22. The minimum Gasteiger partial charge on any atom is -0.382 e. The van der Waals surface area contributed by atoms with Gasteiger partial charge in [0.05, 0.1) is 0 Å². The summed E-state index contributed by atoms with van der Waals surface area (Å²) in [6, 6.07) is 0.319. The molecule has 2 atom stereocenters. The highest BCUT2D eigenvalue weighted by Crippen LogP contribution is 2.28. The standard InChI is InChI=1S/C18H33N/c1-10-17(15(5)18(7,8)9)19-16(6)14(4)12-11-13(2)3/h14,17,19H,2,5-6,10-12H2,1,3-4,7-9H3. The van der Waals surface area contributed by atoms with Gasteiger partial charge in [0.25, 0.3) is 0 Å². The monoisotopic (exact) mass is 263 g/mol. The molecule has 0 aliphatic heterocycles. The van der Waals surface area contributed by atoms with Gasteiger partial charge in [0.1, 0.15) is 0 Å². The first-order valence-electron chi connectivity index (χ1n) is 7.38. The summed E-state index contributed by atoms with van der Waals surface area (Å²) in [7, 11) is 0. The third-order valence-corrected chi connectivity index (χ3v) is 3.75. The van der Waals surface area contributed by atoms with Crippen molar-refractivity contribution in [2.45, 2.75) is 66.8 Å². The van der Waals surface area contributed by atoms with Crippen LogP contribution in [0, 0.1) is 11.3 Å². The van der Waals surface area contributed by atoms with Crippen molar-refractivity contribution in [3.8, 4) is 0 Å². The number of hydrogen-bond donors (Lipinski definition) is 1. The molecular weight excluding hydrogens is 230 g/mol. The lowest BCUT2D eigenvalue weighted by Crippen LogP contribution is -2.35. The van der Waals surface area contributed by atoms with E-state index in [0.717, 1.165) is 25.0 Å². The Morgan fingerprint density at radius 1 is 1.16 bits per heavy atom. The largest absolute Gasteiger partial charge is 0.382 e. The summed E-state index contributed by atoms with van der Waals surface area (Å²) in [4.78, 5) is 0. The second-order valence-electron chi connectivity index (χ2n) is 6.80. The van der Waals surface area contributed by atoms with Crippen LogP contribution in [0.1, 0.15) is 60.8 Å². The van der Waals surface area contributed by atoms with Crippen LogP contribution < -0.4 is 5.32 Å². The highest BCUT2D eigenvalue weighted by atomic mass is 14.9. The zero-order chi connectivity index (χ0) is 15.2. The van der Waals surface area contributed by atoms with Gasteiger partial charge in [0, 0.05) is 11.7 Å². The Morgan fingerprint density at radius 3 is 2.05 bits per heavy atom. The van der Waals surface area contributed by atoms with E-state index in [9.17, 15) is 0 Å². The Bertz CT molecular complexity index is 330. The van der Waals surface area contributed by atoms with Gasteiger partial charge >= 0.3 is 0 Å². The zero-order valence-electron chi connectivity index (χ0n) is 13.9. The fourth-order valence-corrected chi connectivity index (χ4v) is 1.96. The second-order valence-corrected chi connectivity index (χ2v) is 6.80. The van der Waals surface area contributed by atoms with E-state index in [4.69, 9.17) is 0 Å². The first-order chi connectivity index (χ1) is 8.59. The highest BCUT2D eigenvalue weighted by Gasteiger charge is 2.23. The first-order valence-corrected chi connectivity index (χ1v) is 7.38. The lowest BCUT2D eigenvalue weighted by molar-refractivity contribution is 0.422. The van der Waals surface area contributed by atoms with Crippen molar-refractivity contribution in [1.82, 2.24) is 5.32 Å². The molecule has 0 heterocycles. The SMILES string of the molecule is C=C(C)CCC(C)C(=C)NC(CC)C(=C)C(C)(C)C. The van der Waals surface area contributed by atoms with Crippen molar-refractivity contribution in [3.05, 3.63) is 36.6 Å². The van der Waals surface area contributed by atoms with Crippen molar-refractivity contribution < 1.29 is 0 Å². The van der Waals surface area contributed by atoms with Gasteiger partial charge in [-0.25, -0.2) is 0 Å². The molecule has 0 aromatic rings. The van der Waals surface area contributed by atoms with Crippen LogP contribution in [0.25, 0.3) is 0 Å². The van der Waals surface area contributed by atoms with Gasteiger partial charge in [0.15, 0.2) is 0 Å². The number of hydrogen-bond acceptors (Lipinski definition) is 1. The van der Waals surface area contributed by atoms with Crippen molar-refractivity contribution in [2.75, 3.05) is 0 Å². The van der Waals surface area contributed by atoms with E-state index in [1.165, 1.54) is 11.1 Å². The van der Waals surface area contributed by atoms with Crippen molar-refractivity contribution in [3.63, 3.8) is 0 Å². The Hall–Kier alpha value is -0.980. The quantitative estimate of drug-likeness (QED) is 0.573. The fourth-order valence-electron chi connectivity index (χ4n) is 1.96. The van der Waals surface area contributed by atoms with Crippen LogP contribution in [0.3, 0.4) is 0 Å². The molecule has 0 aliphatic rings. The van der Waals surface area contributed by atoms with Gasteiger partial charge < -0.3 is 5.32 Å². The van der Waals surface area contributed by atoms with E-state index in [1.54, 1.807) is 0 Å². The molecule has 1 heteroatoms. The van der Waals surface area contributed by atoms with E-state index in [2.05, 4.69) is 66.6 Å². The van der Waals surface area contributed by atoms with E-state index in [-0.39, 0.29) is 5.41 Å². The van der Waals surface area contributed by atoms with Gasteiger partial charge in [0.2, 0.25) is 0 Å². The van der Waals surface area contributed by atoms with Gasteiger partial charge in [-0.2, -0.15) is 0 Å². The molecule has 110 valence electrons.